The summed E-state index contributed by atoms with van der Waals surface area (Å²) in [6.07, 6.45) is 2.44. The average molecular weight is 379 g/mol. The second kappa shape index (κ2) is 7.54. The van der Waals surface area contributed by atoms with Crippen LogP contribution in [-0.4, -0.2) is 41.5 Å². The van der Waals surface area contributed by atoms with Gasteiger partial charge in [0.25, 0.3) is 5.91 Å². The van der Waals surface area contributed by atoms with Crippen molar-refractivity contribution in [1.29, 1.82) is 0 Å². The molecule has 1 aliphatic rings. The molecular formula is C18H19ClN2O3S. The maximum Gasteiger partial charge on any atom is 0.328 e. The molecule has 1 aliphatic heterocycles. The lowest BCUT2D eigenvalue weighted by Gasteiger charge is -2.33. The van der Waals surface area contributed by atoms with Gasteiger partial charge in [0.15, 0.2) is 0 Å². The molecule has 1 aromatic heterocycles. The smallest absolute Gasteiger partial charge is 0.328 e. The quantitative estimate of drug-likeness (QED) is 0.759. The molecule has 2 heterocycles. The largest absolute Gasteiger partial charge is 0.467 e. The van der Waals surface area contributed by atoms with Crippen molar-refractivity contribution in [1.82, 2.24) is 9.88 Å². The van der Waals surface area contributed by atoms with E-state index in [0.717, 1.165) is 23.4 Å². The van der Waals surface area contributed by atoms with E-state index in [9.17, 15) is 9.59 Å². The molecule has 0 N–H and O–H groups in total. The molecule has 5 nitrogen and oxygen atoms in total. The molecule has 0 radical (unpaired) electrons. The fourth-order valence-corrected chi connectivity index (χ4v) is 4.23. The van der Waals surface area contributed by atoms with Crippen LogP contribution in [0, 0.1) is 6.92 Å². The van der Waals surface area contributed by atoms with Crippen LogP contribution >= 0.6 is 22.9 Å². The third-order valence-corrected chi connectivity index (χ3v) is 5.73. The molecule has 25 heavy (non-hydrogen) atoms. The van der Waals surface area contributed by atoms with E-state index in [1.165, 1.54) is 18.4 Å². The van der Waals surface area contributed by atoms with Gasteiger partial charge in [-0.25, -0.2) is 9.78 Å². The number of benzene rings is 1. The van der Waals surface area contributed by atoms with Crippen LogP contribution in [0.15, 0.2) is 24.3 Å². The Hall–Kier alpha value is -1.92. The summed E-state index contributed by atoms with van der Waals surface area (Å²) in [6.45, 7) is 2.37. The van der Waals surface area contributed by atoms with E-state index in [4.69, 9.17) is 16.3 Å². The summed E-state index contributed by atoms with van der Waals surface area (Å²) in [5.41, 5.74) is 1.54. The Balaban J connectivity index is 1.90. The number of halogens is 1. The third-order valence-electron chi connectivity index (χ3n) is 4.30. The van der Waals surface area contributed by atoms with Crippen LogP contribution in [-0.2, 0) is 9.53 Å². The van der Waals surface area contributed by atoms with Gasteiger partial charge >= 0.3 is 5.97 Å². The summed E-state index contributed by atoms with van der Waals surface area (Å²) < 4.78 is 4.86. The van der Waals surface area contributed by atoms with Crippen molar-refractivity contribution in [2.24, 2.45) is 0 Å². The van der Waals surface area contributed by atoms with E-state index in [2.05, 4.69) is 4.98 Å². The summed E-state index contributed by atoms with van der Waals surface area (Å²) in [4.78, 5) is 31.8. The highest BCUT2D eigenvalue weighted by atomic mass is 35.5. The number of carbonyl (C=O) groups excluding carboxylic acids is 2. The normalized spacial score (nSPS) is 17.4. The van der Waals surface area contributed by atoms with Crippen molar-refractivity contribution in [3.8, 4) is 10.6 Å². The van der Waals surface area contributed by atoms with E-state index in [1.54, 1.807) is 11.0 Å². The first-order chi connectivity index (χ1) is 12.0. The maximum atomic E-state index is 13.0. The van der Waals surface area contributed by atoms with Crippen molar-refractivity contribution in [3.05, 3.63) is 39.9 Å². The minimum atomic E-state index is -0.512. The standard InChI is InChI=1S/C18H19ClN2O3S/c1-11-15(25-16(20-11)12-6-5-7-13(19)10-12)17(22)21-9-4-3-8-14(21)18(23)24-2/h5-7,10,14H,3-4,8-9H2,1-2H3. The van der Waals surface area contributed by atoms with Gasteiger partial charge in [-0.2, -0.15) is 0 Å². The second-order valence-electron chi connectivity index (χ2n) is 5.98. The van der Waals surface area contributed by atoms with Crippen molar-refractivity contribution in [2.45, 2.75) is 32.2 Å². The zero-order valence-corrected chi connectivity index (χ0v) is 15.7. The van der Waals surface area contributed by atoms with Crippen molar-refractivity contribution in [3.63, 3.8) is 0 Å². The summed E-state index contributed by atoms with van der Waals surface area (Å²) in [6, 6.07) is 6.88. The Labute approximate surface area is 155 Å². The Morgan fingerprint density at radius 3 is 2.88 bits per heavy atom. The lowest BCUT2D eigenvalue weighted by molar-refractivity contribution is -0.147. The zero-order valence-electron chi connectivity index (χ0n) is 14.1. The number of thiazole rings is 1. The number of hydrogen-bond donors (Lipinski definition) is 0. The number of amides is 1. The first kappa shape index (κ1) is 17.9. The van der Waals surface area contributed by atoms with Gasteiger partial charge in [0.1, 0.15) is 15.9 Å². The first-order valence-electron chi connectivity index (χ1n) is 8.13. The SMILES string of the molecule is COC(=O)C1CCCCN1C(=O)c1sc(-c2cccc(Cl)c2)nc1C. The molecule has 1 amide bonds. The molecule has 1 fully saturated rings. The highest BCUT2D eigenvalue weighted by Gasteiger charge is 2.34. The van der Waals surface area contributed by atoms with Gasteiger partial charge in [-0.15, -0.1) is 11.3 Å². The van der Waals surface area contributed by atoms with Crippen LogP contribution < -0.4 is 0 Å². The van der Waals surface area contributed by atoms with Gasteiger partial charge in [0.05, 0.1) is 12.8 Å². The first-order valence-corrected chi connectivity index (χ1v) is 9.33. The van der Waals surface area contributed by atoms with Crippen LogP contribution in [0.1, 0.15) is 34.6 Å². The van der Waals surface area contributed by atoms with Crippen molar-refractivity contribution in [2.75, 3.05) is 13.7 Å². The average Bonchev–Trinajstić information content (AvgIpc) is 3.02. The second-order valence-corrected chi connectivity index (χ2v) is 7.41. The van der Waals surface area contributed by atoms with Crippen LogP contribution in [0.2, 0.25) is 5.02 Å². The molecule has 1 saturated heterocycles. The number of ether oxygens (including phenoxy) is 1. The zero-order chi connectivity index (χ0) is 18.0. The molecule has 1 unspecified atom stereocenters. The van der Waals surface area contributed by atoms with Gasteiger partial charge in [-0.1, -0.05) is 23.7 Å². The number of methoxy groups -OCH3 is 1. The predicted octanol–water partition coefficient (Wildman–Crippen LogP) is 3.94. The van der Waals surface area contributed by atoms with Crippen molar-refractivity contribution >= 4 is 34.8 Å². The number of aromatic nitrogens is 1. The van der Waals surface area contributed by atoms with Crippen molar-refractivity contribution < 1.29 is 14.3 Å². The number of esters is 1. The third kappa shape index (κ3) is 3.70. The Kier molecular flexibility index (Phi) is 5.39. The molecular weight excluding hydrogens is 360 g/mol. The number of aryl methyl sites for hydroxylation is 1. The fourth-order valence-electron chi connectivity index (χ4n) is 3.03. The topological polar surface area (TPSA) is 59.5 Å². The molecule has 0 spiro atoms. The molecule has 3 rings (SSSR count). The van der Waals surface area contributed by atoms with Crippen LogP contribution in [0.25, 0.3) is 10.6 Å². The number of carbonyl (C=O) groups is 2. The van der Waals surface area contributed by atoms with Gasteiger partial charge in [0.2, 0.25) is 0 Å². The lowest BCUT2D eigenvalue weighted by atomic mass is 10.0. The maximum absolute atomic E-state index is 13.0. The monoisotopic (exact) mass is 378 g/mol. The minimum absolute atomic E-state index is 0.154. The van der Waals surface area contributed by atoms with E-state index in [1.807, 2.05) is 25.1 Å². The van der Waals surface area contributed by atoms with Gasteiger partial charge < -0.3 is 9.64 Å². The molecule has 7 heteroatoms. The summed E-state index contributed by atoms with van der Waals surface area (Å²) in [7, 11) is 1.36. The molecule has 1 atom stereocenters. The molecule has 0 bridgehead atoms. The molecule has 132 valence electrons. The van der Waals surface area contributed by atoms with E-state index in [-0.39, 0.29) is 11.9 Å². The molecule has 1 aromatic carbocycles. The number of hydrogen-bond acceptors (Lipinski definition) is 5. The Morgan fingerprint density at radius 1 is 1.36 bits per heavy atom. The van der Waals surface area contributed by atoms with Crippen LogP contribution in [0.3, 0.4) is 0 Å². The van der Waals surface area contributed by atoms with Gasteiger partial charge in [0, 0.05) is 17.1 Å². The Bertz CT molecular complexity index is 805. The summed E-state index contributed by atoms with van der Waals surface area (Å²) in [5.74, 6) is -0.510. The number of likely N-dealkylation sites (tertiary alicyclic amines) is 1. The predicted molar refractivity (Wildman–Crippen MR) is 98.0 cm³/mol. The van der Waals surface area contributed by atoms with Gasteiger partial charge in [-0.3, -0.25) is 4.79 Å². The number of rotatable bonds is 3. The van der Waals surface area contributed by atoms with E-state index in [0.29, 0.717) is 28.6 Å². The van der Waals surface area contributed by atoms with E-state index < -0.39 is 6.04 Å². The molecule has 0 aliphatic carbocycles. The van der Waals surface area contributed by atoms with E-state index >= 15 is 0 Å². The van der Waals surface area contributed by atoms with Crippen LogP contribution in [0.5, 0.6) is 0 Å². The summed E-state index contributed by atoms with van der Waals surface area (Å²) >= 11 is 7.38. The number of nitrogens with zero attached hydrogens (tertiary/aromatic N) is 2. The molecule has 2 aromatic rings. The highest BCUT2D eigenvalue weighted by Crippen LogP contribution is 2.31. The lowest BCUT2D eigenvalue weighted by Crippen LogP contribution is -2.48. The molecule has 0 saturated carbocycles. The van der Waals surface area contributed by atoms with Gasteiger partial charge in [-0.05, 0) is 38.3 Å². The van der Waals surface area contributed by atoms with Crippen LogP contribution in [0.4, 0.5) is 0 Å². The minimum Gasteiger partial charge on any atom is -0.467 e. The highest BCUT2D eigenvalue weighted by molar-refractivity contribution is 7.17. The Morgan fingerprint density at radius 2 is 2.16 bits per heavy atom. The fraction of sp³-hybridized carbons (Fsp3) is 0.389. The summed E-state index contributed by atoms with van der Waals surface area (Å²) in [5, 5.41) is 1.37. The number of piperidine rings is 1.